The summed E-state index contributed by atoms with van der Waals surface area (Å²) in [5.41, 5.74) is 1.53. The lowest BCUT2D eigenvalue weighted by Gasteiger charge is -2.20. The van der Waals surface area contributed by atoms with E-state index in [0.29, 0.717) is 10.6 Å². The van der Waals surface area contributed by atoms with Gasteiger partial charge in [-0.1, -0.05) is 0 Å². The van der Waals surface area contributed by atoms with Crippen molar-refractivity contribution in [3.05, 3.63) is 16.0 Å². The molecular weight excluding hydrogens is 280 g/mol. The number of carboxylic acid groups (broad SMARTS) is 2. The predicted octanol–water partition coefficient (Wildman–Crippen LogP) is 1.47. The molecule has 1 heterocycles. The Morgan fingerprint density at radius 1 is 1.30 bits per heavy atom. The van der Waals surface area contributed by atoms with Gasteiger partial charge in [0.2, 0.25) is 0 Å². The maximum Gasteiger partial charge on any atom is 0.323 e. The third kappa shape index (κ3) is 2.91. The number of nitrogens with zero attached hydrogens (tertiary/aromatic N) is 2. The molecule has 0 amide bonds. The van der Waals surface area contributed by atoms with Gasteiger partial charge in [-0.25, -0.2) is 0 Å². The number of hydrogen-bond donors (Lipinski definition) is 2. The van der Waals surface area contributed by atoms with Crippen LogP contribution in [-0.4, -0.2) is 35.2 Å². The molecule has 1 aliphatic carbocycles. The zero-order valence-electron chi connectivity index (χ0n) is 10.8. The number of anilines is 1. The van der Waals surface area contributed by atoms with E-state index in [9.17, 15) is 14.9 Å². The van der Waals surface area contributed by atoms with Crippen molar-refractivity contribution in [3.63, 3.8) is 0 Å². The molecule has 0 aliphatic heterocycles. The molecule has 0 saturated carbocycles. The summed E-state index contributed by atoms with van der Waals surface area (Å²) in [5.74, 6) is -2.02. The fourth-order valence-electron chi connectivity index (χ4n) is 2.37. The summed E-state index contributed by atoms with van der Waals surface area (Å²) in [5, 5.41) is 27.6. The second-order valence-corrected chi connectivity index (χ2v) is 5.69. The van der Waals surface area contributed by atoms with Gasteiger partial charge in [-0.05, 0) is 24.8 Å². The van der Waals surface area contributed by atoms with Crippen LogP contribution < -0.4 is 4.90 Å². The van der Waals surface area contributed by atoms with Crippen molar-refractivity contribution in [2.24, 2.45) is 0 Å². The van der Waals surface area contributed by atoms with Gasteiger partial charge in [-0.3, -0.25) is 9.59 Å². The zero-order valence-corrected chi connectivity index (χ0v) is 11.6. The quantitative estimate of drug-likeness (QED) is 0.824. The smallest absolute Gasteiger partial charge is 0.323 e. The fraction of sp³-hybridized carbons (Fsp3) is 0.462. The van der Waals surface area contributed by atoms with Crippen molar-refractivity contribution >= 4 is 28.3 Å². The topological polar surface area (TPSA) is 102 Å². The molecule has 2 rings (SSSR count). The van der Waals surface area contributed by atoms with Gasteiger partial charge in [0.25, 0.3) is 0 Å². The van der Waals surface area contributed by atoms with E-state index in [0.717, 1.165) is 29.7 Å². The second-order valence-electron chi connectivity index (χ2n) is 4.61. The molecule has 0 fully saturated rings. The normalized spacial score (nSPS) is 12.8. The minimum Gasteiger partial charge on any atom is -0.481 e. The van der Waals surface area contributed by atoms with Crippen LogP contribution in [0.1, 0.15) is 28.8 Å². The van der Waals surface area contributed by atoms with Crippen LogP contribution in [0.2, 0.25) is 0 Å². The summed E-state index contributed by atoms with van der Waals surface area (Å²) < 4.78 is 0. The van der Waals surface area contributed by atoms with Crippen LogP contribution in [-0.2, 0) is 22.4 Å². The van der Waals surface area contributed by atoms with Gasteiger partial charge >= 0.3 is 11.9 Å². The highest BCUT2D eigenvalue weighted by Crippen LogP contribution is 2.40. The molecule has 2 N–H and O–H groups in total. The molecule has 0 spiro atoms. The van der Waals surface area contributed by atoms with E-state index in [1.54, 1.807) is 0 Å². The molecule has 1 aliphatic rings. The van der Waals surface area contributed by atoms with Crippen LogP contribution in [0, 0.1) is 11.3 Å². The van der Waals surface area contributed by atoms with Crippen LogP contribution in [0.25, 0.3) is 0 Å². The second kappa shape index (κ2) is 5.92. The van der Waals surface area contributed by atoms with Crippen molar-refractivity contribution in [2.45, 2.75) is 25.7 Å². The maximum absolute atomic E-state index is 10.9. The number of thiophene rings is 1. The Morgan fingerprint density at radius 2 is 2.05 bits per heavy atom. The number of rotatable bonds is 6. The molecule has 20 heavy (non-hydrogen) atoms. The Morgan fingerprint density at radius 3 is 2.65 bits per heavy atom. The monoisotopic (exact) mass is 294 g/mol. The Hall–Kier alpha value is -2.07. The maximum atomic E-state index is 10.9. The molecular formula is C13H14N2O4S. The molecule has 1 aromatic heterocycles. The first kappa shape index (κ1) is 14.3. The summed E-state index contributed by atoms with van der Waals surface area (Å²) in [4.78, 5) is 24.2. The standard InChI is InChI=1S/C13H14N2O4S/c14-6-9-8-2-1-3-10(8)20-13(9)15(7-12(18)19)5-4-11(16)17/h1-5,7H2,(H,16,17)(H,18,19). The van der Waals surface area contributed by atoms with Crippen molar-refractivity contribution in [3.8, 4) is 6.07 Å². The average molecular weight is 294 g/mol. The highest BCUT2D eigenvalue weighted by molar-refractivity contribution is 7.16. The molecule has 6 nitrogen and oxygen atoms in total. The van der Waals surface area contributed by atoms with E-state index >= 15 is 0 Å². The van der Waals surface area contributed by atoms with E-state index in [1.165, 1.54) is 16.2 Å². The first-order valence-corrected chi connectivity index (χ1v) is 7.07. The first-order chi connectivity index (χ1) is 9.52. The fourth-order valence-corrected chi connectivity index (χ4v) is 3.74. The molecule has 106 valence electrons. The molecule has 0 aromatic carbocycles. The number of aliphatic carboxylic acids is 2. The van der Waals surface area contributed by atoms with E-state index in [1.807, 2.05) is 0 Å². The molecule has 0 unspecified atom stereocenters. The SMILES string of the molecule is N#Cc1c(N(CCC(=O)O)CC(=O)O)sc2c1CCC2. The Labute approximate surface area is 119 Å². The number of carbonyl (C=O) groups is 2. The van der Waals surface area contributed by atoms with Crippen molar-refractivity contribution < 1.29 is 19.8 Å². The zero-order chi connectivity index (χ0) is 14.7. The summed E-state index contributed by atoms with van der Waals surface area (Å²) >= 11 is 1.42. The third-order valence-corrected chi connectivity index (χ3v) is 4.58. The van der Waals surface area contributed by atoms with Gasteiger partial charge in [-0.15, -0.1) is 11.3 Å². The minimum atomic E-state index is -1.03. The highest BCUT2D eigenvalue weighted by Gasteiger charge is 2.26. The summed E-state index contributed by atoms with van der Waals surface area (Å²) in [6.07, 6.45) is 2.62. The van der Waals surface area contributed by atoms with Crippen LogP contribution >= 0.6 is 11.3 Å². The van der Waals surface area contributed by atoms with Crippen LogP contribution in [0.5, 0.6) is 0 Å². The van der Waals surface area contributed by atoms with Crippen LogP contribution in [0.4, 0.5) is 5.00 Å². The molecule has 0 atom stereocenters. The van der Waals surface area contributed by atoms with Crippen LogP contribution in [0.3, 0.4) is 0 Å². The number of nitriles is 1. The van der Waals surface area contributed by atoms with Crippen molar-refractivity contribution in [1.82, 2.24) is 0 Å². The Bertz CT molecular complexity index is 588. The van der Waals surface area contributed by atoms with Crippen molar-refractivity contribution in [1.29, 1.82) is 5.26 Å². The minimum absolute atomic E-state index is 0.0930. The Balaban J connectivity index is 2.31. The predicted molar refractivity (Wildman–Crippen MR) is 73.2 cm³/mol. The van der Waals surface area contributed by atoms with Gasteiger partial charge in [0.15, 0.2) is 0 Å². The summed E-state index contributed by atoms with van der Waals surface area (Å²) in [6, 6.07) is 2.15. The first-order valence-electron chi connectivity index (χ1n) is 6.26. The van der Waals surface area contributed by atoms with Gasteiger partial charge < -0.3 is 15.1 Å². The molecule has 0 bridgehead atoms. The largest absolute Gasteiger partial charge is 0.481 e. The van der Waals surface area contributed by atoms with E-state index in [-0.39, 0.29) is 19.5 Å². The van der Waals surface area contributed by atoms with Gasteiger partial charge in [-0.2, -0.15) is 5.26 Å². The third-order valence-electron chi connectivity index (χ3n) is 3.22. The number of hydrogen-bond acceptors (Lipinski definition) is 5. The lowest BCUT2D eigenvalue weighted by molar-refractivity contribution is -0.138. The number of aryl methyl sites for hydroxylation is 1. The van der Waals surface area contributed by atoms with E-state index < -0.39 is 11.9 Å². The molecule has 0 saturated heterocycles. The molecule has 1 aromatic rings. The number of fused-ring (bicyclic) bond motifs is 1. The van der Waals surface area contributed by atoms with Gasteiger partial charge in [0.05, 0.1) is 12.0 Å². The van der Waals surface area contributed by atoms with Gasteiger partial charge in [0.1, 0.15) is 17.6 Å². The Kier molecular flexibility index (Phi) is 4.25. The van der Waals surface area contributed by atoms with E-state index in [4.69, 9.17) is 10.2 Å². The van der Waals surface area contributed by atoms with E-state index in [2.05, 4.69) is 6.07 Å². The number of carboxylic acids is 2. The lowest BCUT2D eigenvalue weighted by Crippen LogP contribution is -2.31. The summed E-state index contributed by atoms with van der Waals surface area (Å²) in [7, 11) is 0. The molecule has 0 radical (unpaired) electrons. The lowest BCUT2D eigenvalue weighted by atomic mass is 10.1. The van der Waals surface area contributed by atoms with Gasteiger partial charge in [0, 0.05) is 11.4 Å². The van der Waals surface area contributed by atoms with Crippen molar-refractivity contribution in [2.75, 3.05) is 18.0 Å². The molecule has 7 heteroatoms. The summed E-state index contributed by atoms with van der Waals surface area (Å²) in [6.45, 7) is -0.197. The highest BCUT2D eigenvalue weighted by atomic mass is 32.1. The average Bonchev–Trinajstić information content (AvgIpc) is 2.93. The van der Waals surface area contributed by atoms with Crippen LogP contribution in [0.15, 0.2) is 0 Å².